The Balaban J connectivity index is 3.13. The quantitative estimate of drug-likeness (QED) is 0.488. The molecule has 0 bridgehead atoms. The Kier molecular flexibility index (Phi) is 2.44. The third-order valence-electron chi connectivity index (χ3n) is 0.291. The van der Waals surface area contributed by atoms with E-state index in [0.717, 1.165) is 0 Å². The lowest BCUT2D eigenvalue weighted by Crippen LogP contribution is -2.01. The van der Waals surface area contributed by atoms with Gasteiger partial charge in [-0.05, 0) is 0 Å². The first kappa shape index (κ1) is 6.49. The molecule has 0 fully saturated rings. The molecule has 0 rings (SSSR count). The van der Waals surface area contributed by atoms with Crippen molar-refractivity contribution >= 4 is 0 Å². The van der Waals surface area contributed by atoms with Crippen molar-refractivity contribution in [3.8, 4) is 0 Å². The van der Waals surface area contributed by atoms with Crippen LogP contribution in [0.2, 0.25) is 0 Å². The van der Waals surface area contributed by atoms with Gasteiger partial charge in [-0.2, -0.15) is 0 Å². The van der Waals surface area contributed by atoms with Crippen LogP contribution in [0.1, 0.15) is 0 Å². The summed E-state index contributed by atoms with van der Waals surface area (Å²) < 4.78 is 32.9. The predicted octanol–water partition coefficient (Wildman–Crippen LogP) is 1.54. The summed E-state index contributed by atoms with van der Waals surface area (Å²) in [6, 6.07) is 0. The third-order valence-corrected chi connectivity index (χ3v) is 0.291. The molecule has 0 aliphatic heterocycles. The molecule has 0 saturated carbocycles. The van der Waals surface area contributed by atoms with Gasteiger partial charge < -0.3 is 0 Å². The van der Waals surface area contributed by atoms with E-state index in [2.05, 4.69) is 6.58 Å². The van der Waals surface area contributed by atoms with Crippen LogP contribution < -0.4 is 0 Å². The Hall–Kier alpha value is -0.510. The SMILES string of the molecule is C=C(F)CN(F)F. The number of halogens is 3. The maximum atomic E-state index is 11.2. The Morgan fingerprint density at radius 3 is 2.00 bits per heavy atom. The van der Waals surface area contributed by atoms with Crippen molar-refractivity contribution in [1.29, 1.82) is 0 Å². The molecule has 0 aliphatic carbocycles. The largest absolute Gasteiger partial charge is 0.211 e. The van der Waals surface area contributed by atoms with E-state index in [1.54, 1.807) is 0 Å². The molecular formula is C3H4F3N. The summed E-state index contributed by atoms with van der Waals surface area (Å²) in [5, 5.41) is -1.28. The molecule has 7 heavy (non-hydrogen) atoms. The minimum atomic E-state index is -1.28. The first-order valence-corrected chi connectivity index (χ1v) is 1.55. The second kappa shape index (κ2) is 2.63. The maximum absolute atomic E-state index is 11.2. The Labute approximate surface area is 38.9 Å². The minimum absolute atomic E-state index is 1.00. The number of rotatable bonds is 2. The average molecular weight is 111 g/mol. The zero-order chi connectivity index (χ0) is 5.86. The van der Waals surface area contributed by atoms with Crippen LogP contribution in [-0.2, 0) is 0 Å². The Bertz CT molecular complexity index is 70.6. The summed E-state index contributed by atoms with van der Waals surface area (Å²) >= 11 is 0. The highest BCUT2D eigenvalue weighted by atomic mass is 19.4. The second-order valence-corrected chi connectivity index (χ2v) is 0.978. The van der Waals surface area contributed by atoms with Crippen LogP contribution in [0.3, 0.4) is 0 Å². The summed E-state index contributed by atoms with van der Waals surface area (Å²) in [7, 11) is 0. The fourth-order valence-electron chi connectivity index (χ4n) is 0.130. The summed E-state index contributed by atoms with van der Waals surface area (Å²) in [4.78, 5) is 0. The van der Waals surface area contributed by atoms with Crippen LogP contribution in [0.25, 0.3) is 0 Å². The van der Waals surface area contributed by atoms with E-state index < -0.39 is 17.7 Å². The van der Waals surface area contributed by atoms with Crippen LogP contribution in [0.5, 0.6) is 0 Å². The molecule has 0 unspecified atom stereocenters. The van der Waals surface area contributed by atoms with Gasteiger partial charge in [0.15, 0.2) is 0 Å². The summed E-state index contributed by atoms with van der Waals surface area (Å²) in [5.41, 5.74) is 0. The molecule has 0 aromatic rings. The maximum Gasteiger partial charge on any atom is 0.113 e. The molecule has 0 radical (unpaired) electrons. The van der Waals surface area contributed by atoms with E-state index in [4.69, 9.17) is 0 Å². The van der Waals surface area contributed by atoms with Crippen LogP contribution >= 0.6 is 0 Å². The Morgan fingerprint density at radius 2 is 2.00 bits per heavy atom. The fraction of sp³-hybridized carbons (Fsp3) is 0.333. The highest BCUT2D eigenvalue weighted by Gasteiger charge is 1.98. The molecule has 42 valence electrons. The lowest BCUT2D eigenvalue weighted by atomic mass is 10.6. The first-order chi connectivity index (χ1) is 3.13. The molecule has 4 heteroatoms. The van der Waals surface area contributed by atoms with Crippen molar-refractivity contribution < 1.29 is 13.4 Å². The van der Waals surface area contributed by atoms with E-state index in [9.17, 15) is 13.4 Å². The van der Waals surface area contributed by atoms with Crippen molar-refractivity contribution in [2.45, 2.75) is 0 Å². The molecule has 0 aliphatic rings. The van der Waals surface area contributed by atoms with Gasteiger partial charge in [0, 0.05) is 5.34 Å². The predicted molar refractivity (Wildman–Crippen MR) is 19.2 cm³/mol. The van der Waals surface area contributed by atoms with Gasteiger partial charge in [0.05, 0.1) is 0 Å². The number of nitrogens with zero attached hydrogens (tertiary/aromatic N) is 1. The highest BCUT2D eigenvalue weighted by Crippen LogP contribution is 1.96. The highest BCUT2D eigenvalue weighted by molar-refractivity contribution is 4.79. The van der Waals surface area contributed by atoms with Gasteiger partial charge in [0.1, 0.15) is 12.4 Å². The second-order valence-electron chi connectivity index (χ2n) is 0.978. The van der Waals surface area contributed by atoms with Gasteiger partial charge in [-0.25, -0.2) is 4.39 Å². The standard InChI is InChI=1S/C3H4F3N/c1-3(4)2-7(5)6/h1-2H2. The average Bonchev–Trinajstić information content (AvgIpc) is 1.27. The van der Waals surface area contributed by atoms with Crippen LogP contribution in [0.4, 0.5) is 13.4 Å². The minimum Gasteiger partial charge on any atom is -0.211 e. The zero-order valence-corrected chi connectivity index (χ0v) is 3.50. The molecule has 0 N–H and O–H groups in total. The normalized spacial score (nSPS) is 9.71. The van der Waals surface area contributed by atoms with Gasteiger partial charge >= 0.3 is 0 Å². The molecule has 0 saturated heterocycles. The van der Waals surface area contributed by atoms with Crippen molar-refractivity contribution in [3.05, 3.63) is 12.4 Å². The monoisotopic (exact) mass is 111 g/mol. The van der Waals surface area contributed by atoms with E-state index in [0.29, 0.717) is 0 Å². The van der Waals surface area contributed by atoms with Gasteiger partial charge in [-0.3, -0.25) is 0 Å². The van der Waals surface area contributed by atoms with E-state index in [-0.39, 0.29) is 0 Å². The van der Waals surface area contributed by atoms with E-state index in [1.165, 1.54) is 0 Å². The summed E-state index contributed by atoms with van der Waals surface area (Å²) in [6.45, 7) is 1.61. The van der Waals surface area contributed by atoms with Gasteiger partial charge in [0.25, 0.3) is 0 Å². The van der Waals surface area contributed by atoms with Gasteiger partial charge in [0.2, 0.25) is 0 Å². The fourth-order valence-corrected chi connectivity index (χ4v) is 0.130. The molecule has 0 amide bonds. The molecule has 0 atom stereocenters. The summed E-state index contributed by atoms with van der Waals surface area (Å²) in [6.07, 6.45) is 0. The van der Waals surface area contributed by atoms with Crippen LogP contribution in [0, 0.1) is 0 Å². The molecular weight excluding hydrogens is 107 g/mol. The molecule has 0 aromatic heterocycles. The van der Waals surface area contributed by atoms with Crippen molar-refractivity contribution in [3.63, 3.8) is 0 Å². The van der Waals surface area contributed by atoms with Crippen molar-refractivity contribution in [2.75, 3.05) is 6.54 Å². The van der Waals surface area contributed by atoms with Crippen LogP contribution in [-0.4, -0.2) is 11.9 Å². The smallest absolute Gasteiger partial charge is 0.113 e. The third kappa shape index (κ3) is 5.49. The van der Waals surface area contributed by atoms with Crippen LogP contribution in [0.15, 0.2) is 12.4 Å². The Morgan fingerprint density at radius 1 is 1.57 bits per heavy atom. The zero-order valence-electron chi connectivity index (χ0n) is 3.50. The van der Waals surface area contributed by atoms with Gasteiger partial charge in [-0.15, -0.1) is 8.96 Å². The number of hydrogen-bond acceptors (Lipinski definition) is 1. The first-order valence-electron chi connectivity index (χ1n) is 1.55. The molecule has 0 spiro atoms. The molecule has 1 nitrogen and oxygen atoms in total. The van der Waals surface area contributed by atoms with Crippen molar-refractivity contribution in [2.24, 2.45) is 0 Å². The lowest BCUT2D eigenvalue weighted by Gasteiger charge is -1.92. The van der Waals surface area contributed by atoms with Crippen molar-refractivity contribution in [1.82, 2.24) is 5.34 Å². The number of hydrogen-bond donors (Lipinski definition) is 0. The topological polar surface area (TPSA) is 3.24 Å². The molecule has 0 heterocycles. The van der Waals surface area contributed by atoms with E-state index >= 15 is 0 Å². The molecule has 0 aromatic carbocycles. The lowest BCUT2D eigenvalue weighted by molar-refractivity contribution is -0.147. The summed E-state index contributed by atoms with van der Waals surface area (Å²) in [5.74, 6) is -1.04. The van der Waals surface area contributed by atoms with Gasteiger partial charge in [-0.1, -0.05) is 6.58 Å². The van der Waals surface area contributed by atoms with E-state index in [1.807, 2.05) is 0 Å².